The smallest absolute Gasteiger partial charge is 0.412 e. The van der Waals surface area contributed by atoms with Crippen LogP contribution in [0.2, 0.25) is 0 Å². The molecule has 0 atom stereocenters. The highest BCUT2D eigenvalue weighted by atomic mass is 19.4. The van der Waals surface area contributed by atoms with Gasteiger partial charge in [-0.25, -0.2) is 0 Å². The second kappa shape index (κ2) is 5.04. The quantitative estimate of drug-likeness (QED) is 0.463. The second-order valence-electron chi connectivity index (χ2n) is 2.07. The summed E-state index contributed by atoms with van der Waals surface area (Å²) in [5.41, 5.74) is 0. The van der Waals surface area contributed by atoms with Gasteiger partial charge in [-0.1, -0.05) is 13.3 Å². The van der Waals surface area contributed by atoms with Crippen LogP contribution in [0.15, 0.2) is 12.3 Å². The number of hydrogen-bond donors (Lipinski definition) is 0. The molecular formula is C7H11F3O. The molecule has 0 saturated carbocycles. The summed E-state index contributed by atoms with van der Waals surface area (Å²) in [5, 5.41) is 0. The topological polar surface area (TPSA) is 9.23 Å². The van der Waals surface area contributed by atoms with E-state index in [1.165, 1.54) is 0 Å². The molecule has 0 saturated heterocycles. The lowest BCUT2D eigenvalue weighted by atomic mass is 10.4. The molecule has 0 aliphatic rings. The van der Waals surface area contributed by atoms with Crippen LogP contribution in [0.1, 0.15) is 19.8 Å². The summed E-state index contributed by atoms with van der Waals surface area (Å²) in [4.78, 5) is 0. The van der Waals surface area contributed by atoms with Crippen LogP contribution in [0, 0.1) is 0 Å². The van der Waals surface area contributed by atoms with E-state index in [-0.39, 0.29) is 6.08 Å². The summed E-state index contributed by atoms with van der Waals surface area (Å²) >= 11 is 0. The molecule has 11 heavy (non-hydrogen) atoms. The Morgan fingerprint density at radius 3 is 2.45 bits per heavy atom. The molecule has 0 N–H and O–H groups in total. The minimum atomic E-state index is -4.26. The molecule has 0 amide bonds. The molecule has 0 aliphatic heterocycles. The van der Waals surface area contributed by atoms with Crippen molar-refractivity contribution >= 4 is 0 Å². The summed E-state index contributed by atoms with van der Waals surface area (Å²) in [6, 6.07) is 0. The van der Waals surface area contributed by atoms with E-state index >= 15 is 0 Å². The zero-order valence-electron chi connectivity index (χ0n) is 6.32. The molecule has 0 aromatic rings. The lowest BCUT2D eigenvalue weighted by Crippen LogP contribution is -2.01. The molecule has 0 aromatic heterocycles. The average Bonchev–Trinajstić information content (AvgIpc) is 1.85. The Hall–Kier alpha value is -0.670. The first-order chi connectivity index (χ1) is 5.06. The fourth-order valence-electron chi connectivity index (χ4n) is 0.421. The molecule has 66 valence electrons. The van der Waals surface area contributed by atoms with Crippen molar-refractivity contribution in [2.45, 2.75) is 25.9 Å². The van der Waals surface area contributed by atoms with Crippen LogP contribution in [0.3, 0.4) is 0 Å². The highest BCUT2D eigenvalue weighted by Crippen LogP contribution is 2.15. The third-order valence-corrected chi connectivity index (χ3v) is 0.969. The molecule has 4 heteroatoms. The van der Waals surface area contributed by atoms with E-state index in [1.54, 1.807) is 0 Å². The van der Waals surface area contributed by atoms with Crippen molar-refractivity contribution in [3.8, 4) is 0 Å². The molecule has 0 aliphatic carbocycles. The molecule has 0 heterocycles. The number of allylic oxidation sites excluding steroid dienone is 1. The number of alkyl halides is 3. The van der Waals surface area contributed by atoms with E-state index < -0.39 is 6.18 Å². The van der Waals surface area contributed by atoms with Crippen LogP contribution in [-0.4, -0.2) is 12.8 Å². The number of halogens is 3. The van der Waals surface area contributed by atoms with Gasteiger partial charge in [-0.15, -0.1) is 0 Å². The van der Waals surface area contributed by atoms with Crippen molar-refractivity contribution in [3.63, 3.8) is 0 Å². The van der Waals surface area contributed by atoms with Crippen molar-refractivity contribution in [1.29, 1.82) is 0 Å². The Bertz CT molecular complexity index is 117. The summed E-state index contributed by atoms with van der Waals surface area (Å²) < 4.78 is 38.7. The maximum atomic E-state index is 11.4. The molecular weight excluding hydrogens is 157 g/mol. The van der Waals surface area contributed by atoms with Gasteiger partial charge in [-0.3, -0.25) is 0 Å². The van der Waals surface area contributed by atoms with Crippen molar-refractivity contribution in [2.75, 3.05) is 6.61 Å². The number of ether oxygens (including phenoxy) is 1. The lowest BCUT2D eigenvalue weighted by molar-refractivity contribution is -0.0816. The summed E-state index contributed by atoms with van der Waals surface area (Å²) in [7, 11) is 0. The summed E-state index contributed by atoms with van der Waals surface area (Å²) in [6.07, 6.45) is -1.79. The van der Waals surface area contributed by atoms with Gasteiger partial charge in [0.15, 0.2) is 0 Å². The first-order valence-corrected chi connectivity index (χ1v) is 3.42. The maximum absolute atomic E-state index is 11.4. The van der Waals surface area contributed by atoms with Crippen LogP contribution in [-0.2, 0) is 4.74 Å². The van der Waals surface area contributed by atoms with Gasteiger partial charge in [0.2, 0.25) is 0 Å². The molecule has 1 nitrogen and oxygen atoms in total. The molecule has 0 spiro atoms. The fraction of sp³-hybridized carbons (Fsp3) is 0.714. The normalized spacial score (nSPS) is 12.4. The van der Waals surface area contributed by atoms with Gasteiger partial charge < -0.3 is 4.74 Å². The third kappa shape index (κ3) is 9.33. The van der Waals surface area contributed by atoms with Crippen molar-refractivity contribution in [2.24, 2.45) is 0 Å². The highest BCUT2D eigenvalue weighted by Gasteiger charge is 2.22. The van der Waals surface area contributed by atoms with E-state index in [4.69, 9.17) is 0 Å². The highest BCUT2D eigenvalue weighted by molar-refractivity contribution is 4.82. The molecule has 0 radical (unpaired) electrons. The average molecular weight is 168 g/mol. The Labute approximate surface area is 63.8 Å². The van der Waals surface area contributed by atoms with Crippen LogP contribution in [0.5, 0.6) is 0 Å². The minimum Gasteiger partial charge on any atom is -0.501 e. The summed E-state index contributed by atoms with van der Waals surface area (Å²) in [6.45, 7) is 2.29. The third-order valence-electron chi connectivity index (χ3n) is 0.969. The zero-order chi connectivity index (χ0) is 8.74. The number of hydrogen-bond acceptors (Lipinski definition) is 1. The van der Waals surface area contributed by atoms with Gasteiger partial charge >= 0.3 is 6.18 Å². The largest absolute Gasteiger partial charge is 0.501 e. The predicted octanol–water partition coefficient (Wildman–Crippen LogP) is 2.88. The van der Waals surface area contributed by atoms with Crippen LogP contribution < -0.4 is 0 Å². The Kier molecular flexibility index (Phi) is 4.74. The Balaban J connectivity index is 3.30. The zero-order valence-corrected chi connectivity index (χ0v) is 6.32. The van der Waals surface area contributed by atoms with Gasteiger partial charge in [-0.05, 0) is 6.42 Å². The van der Waals surface area contributed by atoms with Crippen molar-refractivity contribution < 1.29 is 17.9 Å². The van der Waals surface area contributed by atoms with Gasteiger partial charge in [0, 0.05) is 0 Å². The summed E-state index contributed by atoms with van der Waals surface area (Å²) in [5.74, 6) is 0. The molecule has 0 bridgehead atoms. The Morgan fingerprint density at radius 1 is 1.36 bits per heavy atom. The van der Waals surface area contributed by atoms with Gasteiger partial charge in [0.05, 0.1) is 18.9 Å². The number of unbranched alkanes of at least 4 members (excludes halogenated alkanes) is 1. The van der Waals surface area contributed by atoms with Crippen LogP contribution >= 0.6 is 0 Å². The van der Waals surface area contributed by atoms with Crippen LogP contribution in [0.4, 0.5) is 13.2 Å². The molecule has 0 rings (SSSR count). The second-order valence-corrected chi connectivity index (χ2v) is 2.07. The monoisotopic (exact) mass is 168 g/mol. The first kappa shape index (κ1) is 10.3. The maximum Gasteiger partial charge on any atom is 0.412 e. The SMILES string of the molecule is CCCCO/C=C/C(F)(F)F. The van der Waals surface area contributed by atoms with E-state index in [0.717, 1.165) is 12.8 Å². The van der Waals surface area contributed by atoms with Crippen molar-refractivity contribution in [3.05, 3.63) is 12.3 Å². The van der Waals surface area contributed by atoms with Gasteiger partial charge in [0.1, 0.15) is 0 Å². The minimum absolute atomic E-state index is 0.0860. The molecule has 0 aromatic carbocycles. The van der Waals surface area contributed by atoms with Crippen molar-refractivity contribution in [1.82, 2.24) is 0 Å². The number of rotatable bonds is 4. The first-order valence-electron chi connectivity index (χ1n) is 3.42. The van der Waals surface area contributed by atoms with E-state index in [2.05, 4.69) is 4.74 Å². The van der Waals surface area contributed by atoms with E-state index in [9.17, 15) is 13.2 Å². The fourth-order valence-corrected chi connectivity index (χ4v) is 0.421. The Morgan fingerprint density at radius 2 is 2.00 bits per heavy atom. The lowest BCUT2D eigenvalue weighted by Gasteiger charge is -1.99. The standard InChI is InChI=1S/C7H11F3O/c1-2-3-5-11-6-4-7(8,9)10/h4,6H,2-3,5H2,1H3/b6-4+. The molecule has 0 unspecified atom stereocenters. The molecule has 0 fully saturated rings. The predicted molar refractivity (Wildman–Crippen MR) is 36.1 cm³/mol. The van der Waals surface area contributed by atoms with Gasteiger partial charge in [0.25, 0.3) is 0 Å². The van der Waals surface area contributed by atoms with Gasteiger partial charge in [-0.2, -0.15) is 13.2 Å². The van der Waals surface area contributed by atoms with E-state index in [0.29, 0.717) is 12.9 Å². The van der Waals surface area contributed by atoms with Crippen LogP contribution in [0.25, 0.3) is 0 Å². The van der Waals surface area contributed by atoms with E-state index in [1.807, 2.05) is 6.92 Å².